The Hall–Kier alpha value is -1.72. The Balaban J connectivity index is 0. The SMILES string of the molecule is CCC(CC)C(=O)CC(N)=O.CCOC(=O)CC(C)=O. The third-order valence-electron chi connectivity index (χ3n) is 2.49. The van der Waals surface area contributed by atoms with Crippen LogP contribution in [0.3, 0.4) is 0 Å². The molecule has 0 aromatic rings. The summed E-state index contributed by atoms with van der Waals surface area (Å²) in [4.78, 5) is 42.1. The second-order valence-electron chi connectivity index (χ2n) is 4.31. The Kier molecular flexibility index (Phi) is 12.7. The maximum absolute atomic E-state index is 11.1. The third kappa shape index (κ3) is 12.7. The van der Waals surface area contributed by atoms with Crippen LogP contribution in [-0.2, 0) is 23.9 Å². The molecule has 116 valence electrons. The lowest BCUT2D eigenvalue weighted by atomic mass is 9.96. The molecule has 6 heteroatoms. The number of Topliss-reactive ketones (excluding diaryl/α,β-unsaturated/α-hetero) is 2. The van der Waals surface area contributed by atoms with E-state index in [0.29, 0.717) is 6.61 Å². The maximum atomic E-state index is 11.1. The molecule has 0 aliphatic carbocycles. The number of carbonyl (C=O) groups is 4. The van der Waals surface area contributed by atoms with E-state index in [4.69, 9.17) is 5.73 Å². The highest BCUT2D eigenvalue weighted by molar-refractivity contribution is 5.98. The van der Waals surface area contributed by atoms with Crippen molar-refractivity contribution < 1.29 is 23.9 Å². The molecule has 2 N–H and O–H groups in total. The van der Waals surface area contributed by atoms with E-state index in [-0.39, 0.29) is 30.3 Å². The molecule has 0 unspecified atom stereocenters. The molecule has 0 aromatic heterocycles. The van der Waals surface area contributed by atoms with E-state index in [1.807, 2.05) is 13.8 Å². The molecule has 0 radical (unpaired) electrons. The van der Waals surface area contributed by atoms with Gasteiger partial charge < -0.3 is 10.5 Å². The average Bonchev–Trinajstić information content (AvgIpc) is 2.29. The molecule has 0 heterocycles. The number of primary amides is 1. The van der Waals surface area contributed by atoms with Crippen LogP contribution >= 0.6 is 0 Å². The number of amides is 1. The average molecular weight is 287 g/mol. The fraction of sp³-hybridized carbons (Fsp3) is 0.714. The van der Waals surface area contributed by atoms with Gasteiger partial charge in [-0.05, 0) is 26.7 Å². The first kappa shape index (κ1) is 20.6. The molecule has 1 amide bonds. The van der Waals surface area contributed by atoms with Gasteiger partial charge in [0.05, 0.1) is 13.0 Å². The van der Waals surface area contributed by atoms with E-state index in [1.54, 1.807) is 6.92 Å². The molecular formula is C14H25NO5. The molecule has 20 heavy (non-hydrogen) atoms. The van der Waals surface area contributed by atoms with Crippen LogP contribution in [0.25, 0.3) is 0 Å². The van der Waals surface area contributed by atoms with Crippen molar-refractivity contribution in [2.24, 2.45) is 11.7 Å². The minimum Gasteiger partial charge on any atom is -0.466 e. The van der Waals surface area contributed by atoms with Gasteiger partial charge in [-0.2, -0.15) is 0 Å². The summed E-state index contributed by atoms with van der Waals surface area (Å²) in [6.07, 6.45) is 1.38. The van der Waals surface area contributed by atoms with Crippen molar-refractivity contribution in [3.8, 4) is 0 Å². The first-order valence-electron chi connectivity index (χ1n) is 6.74. The zero-order valence-corrected chi connectivity index (χ0v) is 12.7. The van der Waals surface area contributed by atoms with E-state index in [0.717, 1.165) is 12.8 Å². The number of hydrogen-bond donors (Lipinski definition) is 1. The number of esters is 1. The lowest BCUT2D eigenvalue weighted by Gasteiger charge is -2.08. The van der Waals surface area contributed by atoms with Crippen molar-refractivity contribution in [2.45, 2.75) is 53.4 Å². The van der Waals surface area contributed by atoms with Gasteiger partial charge in [0.25, 0.3) is 0 Å². The van der Waals surface area contributed by atoms with Gasteiger partial charge in [-0.15, -0.1) is 0 Å². The Labute approximate surface area is 120 Å². The molecule has 0 saturated carbocycles. The summed E-state index contributed by atoms with van der Waals surface area (Å²) < 4.78 is 4.49. The Bertz CT molecular complexity index is 334. The zero-order chi connectivity index (χ0) is 16.1. The van der Waals surface area contributed by atoms with E-state index in [1.165, 1.54) is 6.92 Å². The second-order valence-corrected chi connectivity index (χ2v) is 4.31. The standard InChI is InChI=1S/C8H15NO2.C6H10O3/c1-3-6(4-2)7(10)5-8(9)11;1-3-9-6(8)4-5(2)7/h6H,3-5H2,1-2H3,(H2,9,11);3-4H2,1-2H3. The minimum absolute atomic E-state index is 0.0162. The number of nitrogens with two attached hydrogens (primary N) is 1. The monoisotopic (exact) mass is 287 g/mol. The van der Waals surface area contributed by atoms with E-state index in [9.17, 15) is 19.2 Å². The lowest BCUT2D eigenvalue weighted by molar-refractivity contribution is -0.145. The lowest BCUT2D eigenvalue weighted by Crippen LogP contribution is -2.21. The van der Waals surface area contributed by atoms with Crippen molar-refractivity contribution in [2.75, 3.05) is 6.61 Å². The predicted octanol–water partition coefficient (Wildman–Crippen LogP) is 1.40. The molecule has 0 aliphatic rings. The molecule has 0 bridgehead atoms. The van der Waals surface area contributed by atoms with Gasteiger partial charge in [-0.3, -0.25) is 19.2 Å². The van der Waals surface area contributed by atoms with Crippen molar-refractivity contribution in [3.05, 3.63) is 0 Å². The fourth-order valence-electron chi connectivity index (χ4n) is 1.48. The Morgan fingerprint density at radius 3 is 1.80 bits per heavy atom. The van der Waals surface area contributed by atoms with Crippen LogP contribution in [0.5, 0.6) is 0 Å². The maximum Gasteiger partial charge on any atom is 0.313 e. The van der Waals surface area contributed by atoms with Gasteiger partial charge in [0.15, 0.2) is 0 Å². The summed E-state index contributed by atoms with van der Waals surface area (Å²) in [5.41, 5.74) is 4.88. The van der Waals surface area contributed by atoms with Crippen LogP contribution < -0.4 is 5.73 Å². The highest BCUT2D eigenvalue weighted by Crippen LogP contribution is 2.10. The molecule has 6 nitrogen and oxygen atoms in total. The minimum atomic E-state index is -0.526. The number of ketones is 2. The second kappa shape index (κ2) is 12.3. The van der Waals surface area contributed by atoms with Crippen molar-refractivity contribution in [1.29, 1.82) is 0 Å². The summed E-state index contributed by atoms with van der Waals surface area (Å²) in [5, 5.41) is 0. The smallest absolute Gasteiger partial charge is 0.313 e. The number of rotatable bonds is 8. The van der Waals surface area contributed by atoms with Crippen LogP contribution in [0.15, 0.2) is 0 Å². The van der Waals surface area contributed by atoms with Gasteiger partial charge in [0.2, 0.25) is 5.91 Å². The van der Waals surface area contributed by atoms with Crippen LogP contribution in [0.4, 0.5) is 0 Å². The van der Waals surface area contributed by atoms with Crippen LogP contribution in [-0.4, -0.2) is 30.0 Å². The fourth-order valence-corrected chi connectivity index (χ4v) is 1.48. The van der Waals surface area contributed by atoms with Crippen LogP contribution in [0, 0.1) is 5.92 Å². The van der Waals surface area contributed by atoms with E-state index >= 15 is 0 Å². The molecule has 0 fully saturated rings. The Morgan fingerprint density at radius 2 is 1.50 bits per heavy atom. The quantitative estimate of drug-likeness (QED) is 0.536. The van der Waals surface area contributed by atoms with Gasteiger partial charge >= 0.3 is 5.97 Å². The van der Waals surface area contributed by atoms with Gasteiger partial charge in [0, 0.05) is 5.92 Å². The topological polar surface area (TPSA) is 104 Å². The highest BCUT2D eigenvalue weighted by Gasteiger charge is 2.15. The number of ether oxygens (including phenoxy) is 1. The number of carbonyl (C=O) groups excluding carboxylic acids is 4. The summed E-state index contributed by atoms with van der Waals surface area (Å²) in [6, 6.07) is 0. The molecule has 0 saturated heterocycles. The first-order chi connectivity index (χ1) is 9.28. The van der Waals surface area contributed by atoms with Crippen molar-refractivity contribution >= 4 is 23.4 Å². The zero-order valence-electron chi connectivity index (χ0n) is 12.7. The molecular weight excluding hydrogens is 262 g/mol. The molecule has 0 aliphatic heterocycles. The Morgan fingerprint density at radius 1 is 1.00 bits per heavy atom. The van der Waals surface area contributed by atoms with Crippen molar-refractivity contribution in [1.82, 2.24) is 0 Å². The molecule has 0 aromatic carbocycles. The first-order valence-corrected chi connectivity index (χ1v) is 6.74. The van der Waals surface area contributed by atoms with Gasteiger partial charge in [0.1, 0.15) is 18.0 Å². The summed E-state index contributed by atoms with van der Waals surface area (Å²) in [5.74, 6) is -1.13. The summed E-state index contributed by atoms with van der Waals surface area (Å²) >= 11 is 0. The summed E-state index contributed by atoms with van der Waals surface area (Å²) in [6.45, 7) is 7.28. The van der Waals surface area contributed by atoms with Crippen LogP contribution in [0.2, 0.25) is 0 Å². The molecule has 0 spiro atoms. The summed E-state index contributed by atoms with van der Waals surface area (Å²) in [7, 11) is 0. The van der Waals surface area contributed by atoms with Gasteiger partial charge in [-0.1, -0.05) is 13.8 Å². The normalized spacial score (nSPS) is 9.45. The molecule has 0 rings (SSSR count). The molecule has 0 atom stereocenters. The largest absolute Gasteiger partial charge is 0.466 e. The van der Waals surface area contributed by atoms with Crippen LogP contribution in [0.1, 0.15) is 53.4 Å². The third-order valence-corrected chi connectivity index (χ3v) is 2.49. The highest BCUT2D eigenvalue weighted by atomic mass is 16.5. The van der Waals surface area contributed by atoms with E-state index < -0.39 is 11.9 Å². The van der Waals surface area contributed by atoms with Crippen molar-refractivity contribution in [3.63, 3.8) is 0 Å². The number of hydrogen-bond acceptors (Lipinski definition) is 5. The van der Waals surface area contributed by atoms with Gasteiger partial charge in [-0.25, -0.2) is 0 Å². The predicted molar refractivity (Wildman–Crippen MR) is 74.8 cm³/mol. The van der Waals surface area contributed by atoms with E-state index in [2.05, 4.69) is 4.74 Å².